The van der Waals surface area contributed by atoms with Crippen molar-refractivity contribution in [2.75, 3.05) is 19.6 Å². The van der Waals surface area contributed by atoms with Crippen molar-refractivity contribution < 1.29 is 4.79 Å². The minimum absolute atomic E-state index is 0.260. The highest BCUT2D eigenvalue weighted by Gasteiger charge is 2.23. The number of nitrogens with zero attached hydrogens (tertiary/aromatic N) is 1. The standard InChI is InChI=1S/C18H27NO/c1-13(2)16-7-9-19(10-8-16)12-18(20)17-6-5-14(3)15(4)11-17/h5-6,11,13,16H,7-10,12H2,1-4H3. The minimum atomic E-state index is 0.260. The van der Waals surface area contributed by atoms with Gasteiger partial charge in [0.15, 0.2) is 5.78 Å². The number of Topliss-reactive ketones (excluding diaryl/α,β-unsaturated/α-hetero) is 1. The van der Waals surface area contributed by atoms with Crippen LogP contribution in [0.25, 0.3) is 0 Å². The molecule has 2 rings (SSSR count). The SMILES string of the molecule is Cc1ccc(C(=O)CN2CCC(C(C)C)CC2)cc1C. The number of carbonyl (C=O) groups excluding carboxylic acids is 1. The Morgan fingerprint density at radius 2 is 1.85 bits per heavy atom. The maximum atomic E-state index is 12.4. The number of piperidine rings is 1. The van der Waals surface area contributed by atoms with Crippen molar-refractivity contribution in [3.8, 4) is 0 Å². The van der Waals surface area contributed by atoms with E-state index in [9.17, 15) is 4.79 Å². The summed E-state index contributed by atoms with van der Waals surface area (Å²) in [6, 6.07) is 6.04. The molecule has 2 heteroatoms. The Bertz CT molecular complexity index is 470. The molecule has 1 fully saturated rings. The molecular formula is C18H27NO. The maximum absolute atomic E-state index is 12.4. The maximum Gasteiger partial charge on any atom is 0.176 e. The fourth-order valence-corrected chi connectivity index (χ4v) is 2.99. The Balaban J connectivity index is 1.91. The molecule has 0 spiro atoms. The molecule has 2 nitrogen and oxygen atoms in total. The Labute approximate surface area is 123 Å². The van der Waals surface area contributed by atoms with Crippen molar-refractivity contribution in [2.45, 2.75) is 40.5 Å². The molecule has 1 aliphatic heterocycles. The second kappa shape index (κ2) is 6.53. The van der Waals surface area contributed by atoms with E-state index in [4.69, 9.17) is 0 Å². The van der Waals surface area contributed by atoms with Gasteiger partial charge in [-0.2, -0.15) is 0 Å². The van der Waals surface area contributed by atoms with Crippen LogP contribution in [0.5, 0.6) is 0 Å². The van der Waals surface area contributed by atoms with E-state index in [1.165, 1.54) is 24.0 Å². The van der Waals surface area contributed by atoms with Crippen molar-refractivity contribution in [3.63, 3.8) is 0 Å². The molecule has 0 unspecified atom stereocenters. The molecular weight excluding hydrogens is 246 g/mol. The van der Waals surface area contributed by atoms with Gasteiger partial charge in [-0.05, 0) is 68.8 Å². The highest BCUT2D eigenvalue weighted by molar-refractivity contribution is 5.97. The van der Waals surface area contributed by atoms with Gasteiger partial charge in [0.25, 0.3) is 0 Å². The van der Waals surface area contributed by atoms with Gasteiger partial charge in [0.05, 0.1) is 6.54 Å². The average molecular weight is 273 g/mol. The summed E-state index contributed by atoms with van der Waals surface area (Å²) in [7, 11) is 0. The van der Waals surface area contributed by atoms with E-state index in [1.807, 2.05) is 18.2 Å². The topological polar surface area (TPSA) is 20.3 Å². The van der Waals surface area contributed by atoms with Crippen LogP contribution >= 0.6 is 0 Å². The van der Waals surface area contributed by atoms with Crippen LogP contribution in [0.4, 0.5) is 0 Å². The largest absolute Gasteiger partial charge is 0.296 e. The van der Waals surface area contributed by atoms with Gasteiger partial charge in [-0.15, -0.1) is 0 Å². The fraction of sp³-hybridized carbons (Fsp3) is 0.611. The van der Waals surface area contributed by atoms with Gasteiger partial charge >= 0.3 is 0 Å². The third-order valence-corrected chi connectivity index (χ3v) is 4.77. The molecule has 0 aromatic heterocycles. The average Bonchev–Trinajstić information content (AvgIpc) is 2.42. The first-order valence-corrected chi connectivity index (χ1v) is 7.80. The van der Waals surface area contributed by atoms with E-state index in [0.717, 1.165) is 30.5 Å². The molecule has 20 heavy (non-hydrogen) atoms. The monoisotopic (exact) mass is 273 g/mol. The predicted octanol–water partition coefficient (Wildman–Crippen LogP) is 3.85. The first-order valence-electron chi connectivity index (χ1n) is 7.80. The molecule has 1 heterocycles. The highest BCUT2D eigenvalue weighted by atomic mass is 16.1. The Morgan fingerprint density at radius 3 is 2.40 bits per heavy atom. The second-order valence-electron chi connectivity index (χ2n) is 6.58. The van der Waals surface area contributed by atoms with Crippen LogP contribution in [0.1, 0.15) is 48.2 Å². The van der Waals surface area contributed by atoms with E-state index in [-0.39, 0.29) is 5.78 Å². The van der Waals surface area contributed by atoms with E-state index in [2.05, 4.69) is 32.6 Å². The lowest BCUT2D eigenvalue weighted by molar-refractivity contribution is 0.0880. The number of ketones is 1. The number of rotatable bonds is 4. The lowest BCUT2D eigenvalue weighted by Gasteiger charge is -2.33. The number of carbonyl (C=O) groups is 1. The van der Waals surface area contributed by atoms with Gasteiger partial charge in [-0.1, -0.05) is 26.0 Å². The van der Waals surface area contributed by atoms with E-state index >= 15 is 0 Å². The van der Waals surface area contributed by atoms with Gasteiger partial charge in [-0.3, -0.25) is 9.69 Å². The summed E-state index contributed by atoms with van der Waals surface area (Å²) < 4.78 is 0. The van der Waals surface area contributed by atoms with Gasteiger partial charge in [-0.25, -0.2) is 0 Å². The van der Waals surface area contributed by atoms with Crippen LogP contribution in [-0.4, -0.2) is 30.3 Å². The van der Waals surface area contributed by atoms with Crippen LogP contribution in [0.15, 0.2) is 18.2 Å². The fourth-order valence-electron chi connectivity index (χ4n) is 2.99. The third kappa shape index (κ3) is 3.69. The van der Waals surface area contributed by atoms with Crippen molar-refractivity contribution >= 4 is 5.78 Å². The summed E-state index contributed by atoms with van der Waals surface area (Å²) in [6.07, 6.45) is 2.47. The van der Waals surface area contributed by atoms with Crippen LogP contribution in [-0.2, 0) is 0 Å². The number of hydrogen-bond donors (Lipinski definition) is 0. The quantitative estimate of drug-likeness (QED) is 0.777. The van der Waals surface area contributed by atoms with Crippen molar-refractivity contribution in [3.05, 3.63) is 34.9 Å². The second-order valence-corrected chi connectivity index (χ2v) is 6.58. The molecule has 110 valence electrons. The Hall–Kier alpha value is -1.15. The number of hydrogen-bond acceptors (Lipinski definition) is 2. The summed E-state index contributed by atoms with van der Waals surface area (Å²) in [5, 5.41) is 0. The van der Waals surface area contributed by atoms with E-state index < -0.39 is 0 Å². The Morgan fingerprint density at radius 1 is 1.20 bits per heavy atom. The van der Waals surface area contributed by atoms with Gasteiger partial charge in [0.2, 0.25) is 0 Å². The molecule has 0 radical (unpaired) electrons. The summed E-state index contributed by atoms with van der Waals surface area (Å²) in [4.78, 5) is 14.7. The first-order chi connectivity index (χ1) is 9.47. The summed E-state index contributed by atoms with van der Waals surface area (Å²) >= 11 is 0. The van der Waals surface area contributed by atoms with Crippen LogP contribution in [0.2, 0.25) is 0 Å². The highest BCUT2D eigenvalue weighted by Crippen LogP contribution is 2.24. The Kier molecular flexibility index (Phi) is 4.98. The van der Waals surface area contributed by atoms with Crippen molar-refractivity contribution in [1.29, 1.82) is 0 Å². The third-order valence-electron chi connectivity index (χ3n) is 4.77. The van der Waals surface area contributed by atoms with Gasteiger partial charge in [0, 0.05) is 5.56 Å². The van der Waals surface area contributed by atoms with Gasteiger partial charge in [0.1, 0.15) is 0 Å². The van der Waals surface area contributed by atoms with Gasteiger partial charge < -0.3 is 0 Å². The number of benzene rings is 1. The molecule has 1 aromatic rings. The van der Waals surface area contributed by atoms with E-state index in [0.29, 0.717) is 6.54 Å². The zero-order chi connectivity index (χ0) is 14.7. The van der Waals surface area contributed by atoms with Crippen molar-refractivity contribution in [1.82, 2.24) is 4.90 Å². The first kappa shape index (κ1) is 15.2. The molecule has 0 atom stereocenters. The summed E-state index contributed by atoms with van der Waals surface area (Å²) in [5.41, 5.74) is 3.31. The molecule has 1 aliphatic rings. The van der Waals surface area contributed by atoms with Crippen LogP contribution in [0.3, 0.4) is 0 Å². The van der Waals surface area contributed by atoms with Crippen LogP contribution in [0, 0.1) is 25.7 Å². The smallest absolute Gasteiger partial charge is 0.176 e. The van der Waals surface area contributed by atoms with E-state index in [1.54, 1.807) is 0 Å². The van der Waals surface area contributed by atoms with Crippen LogP contribution < -0.4 is 0 Å². The van der Waals surface area contributed by atoms with Crippen molar-refractivity contribution in [2.24, 2.45) is 11.8 Å². The lowest BCUT2D eigenvalue weighted by atomic mass is 9.86. The number of aryl methyl sites for hydroxylation is 2. The molecule has 0 aliphatic carbocycles. The summed E-state index contributed by atoms with van der Waals surface area (Å²) in [5.74, 6) is 1.87. The molecule has 0 saturated carbocycles. The molecule has 1 saturated heterocycles. The zero-order valence-electron chi connectivity index (χ0n) is 13.3. The number of likely N-dealkylation sites (tertiary alicyclic amines) is 1. The normalized spacial score (nSPS) is 17.6. The minimum Gasteiger partial charge on any atom is -0.296 e. The zero-order valence-corrected chi connectivity index (χ0v) is 13.3. The lowest BCUT2D eigenvalue weighted by Crippen LogP contribution is -2.38. The summed E-state index contributed by atoms with van der Waals surface area (Å²) in [6.45, 7) is 11.5. The predicted molar refractivity (Wildman–Crippen MR) is 84.2 cm³/mol. The molecule has 0 bridgehead atoms. The molecule has 0 N–H and O–H groups in total. The molecule has 0 amide bonds. The molecule has 1 aromatic carbocycles.